The lowest BCUT2D eigenvalue weighted by Crippen LogP contribution is -2.29. The summed E-state index contributed by atoms with van der Waals surface area (Å²) in [6, 6.07) is 0. The van der Waals surface area contributed by atoms with Crippen molar-refractivity contribution in [1.82, 2.24) is 15.3 Å². The highest BCUT2D eigenvalue weighted by molar-refractivity contribution is 5.91. The van der Waals surface area contributed by atoms with Crippen molar-refractivity contribution in [2.45, 2.75) is 39.0 Å². The molecule has 1 saturated carbocycles. The van der Waals surface area contributed by atoms with E-state index < -0.39 is 0 Å². The van der Waals surface area contributed by atoms with Crippen molar-refractivity contribution >= 4 is 11.6 Å². The van der Waals surface area contributed by atoms with E-state index in [1.165, 1.54) is 12.8 Å². The van der Waals surface area contributed by atoms with Crippen LogP contribution in [0.2, 0.25) is 0 Å². The Balaban J connectivity index is 1.79. The third-order valence-corrected chi connectivity index (χ3v) is 3.02. The Labute approximate surface area is 114 Å². The van der Waals surface area contributed by atoms with Gasteiger partial charge in [0.05, 0.1) is 24.6 Å². The number of hydrogen-bond acceptors (Lipinski definition) is 4. The van der Waals surface area contributed by atoms with Crippen molar-refractivity contribution in [3.63, 3.8) is 0 Å². The molecule has 0 spiro atoms. The SMILES string of the molecule is CC(C)(C)c1ncc(NC(=O)CNCC2CC2)cn1. The molecule has 0 radical (unpaired) electrons. The molecule has 0 unspecified atom stereocenters. The molecule has 5 heteroatoms. The van der Waals surface area contributed by atoms with Gasteiger partial charge in [0.2, 0.25) is 5.91 Å². The molecule has 1 aromatic rings. The monoisotopic (exact) mass is 262 g/mol. The number of carbonyl (C=O) groups is 1. The topological polar surface area (TPSA) is 66.9 Å². The highest BCUT2D eigenvalue weighted by Crippen LogP contribution is 2.27. The van der Waals surface area contributed by atoms with Crippen LogP contribution in [0, 0.1) is 5.92 Å². The summed E-state index contributed by atoms with van der Waals surface area (Å²) in [6.07, 6.45) is 5.90. The summed E-state index contributed by atoms with van der Waals surface area (Å²) in [5.74, 6) is 1.51. The molecule has 0 aromatic carbocycles. The second-order valence-electron chi connectivity index (χ2n) is 6.17. The zero-order chi connectivity index (χ0) is 13.9. The quantitative estimate of drug-likeness (QED) is 0.847. The molecule has 19 heavy (non-hydrogen) atoms. The van der Waals surface area contributed by atoms with Crippen molar-refractivity contribution in [3.05, 3.63) is 18.2 Å². The molecule has 5 nitrogen and oxygen atoms in total. The number of amides is 1. The molecular formula is C14H22N4O. The van der Waals surface area contributed by atoms with Gasteiger partial charge in [0.1, 0.15) is 5.82 Å². The summed E-state index contributed by atoms with van der Waals surface area (Å²) in [7, 11) is 0. The molecule has 104 valence electrons. The van der Waals surface area contributed by atoms with E-state index in [9.17, 15) is 4.79 Å². The van der Waals surface area contributed by atoms with Crippen molar-refractivity contribution in [3.8, 4) is 0 Å². The molecular weight excluding hydrogens is 240 g/mol. The van der Waals surface area contributed by atoms with Gasteiger partial charge in [0, 0.05) is 5.41 Å². The van der Waals surface area contributed by atoms with E-state index in [1.807, 2.05) is 0 Å². The predicted molar refractivity (Wildman–Crippen MR) is 75.0 cm³/mol. The van der Waals surface area contributed by atoms with Gasteiger partial charge >= 0.3 is 0 Å². The van der Waals surface area contributed by atoms with Gasteiger partial charge in [-0.15, -0.1) is 0 Å². The van der Waals surface area contributed by atoms with Crippen LogP contribution in [0.15, 0.2) is 12.4 Å². The minimum atomic E-state index is -0.0750. The van der Waals surface area contributed by atoms with E-state index in [0.717, 1.165) is 18.3 Å². The molecule has 0 saturated heterocycles. The fourth-order valence-electron chi connectivity index (χ4n) is 1.70. The van der Waals surface area contributed by atoms with Crippen LogP contribution >= 0.6 is 0 Å². The van der Waals surface area contributed by atoms with Crippen LogP contribution in [0.3, 0.4) is 0 Å². The molecule has 0 atom stereocenters. The van der Waals surface area contributed by atoms with Crippen molar-refractivity contribution < 1.29 is 4.79 Å². The van der Waals surface area contributed by atoms with Crippen molar-refractivity contribution in [1.29, 1.82) is 0 Å². The van der Waals surface area contributed by atoms with Crippen molar-refractivity contribution in [2.24, 2.45) is 5.92 Å². The zero-order valence-electron chi connectivity index (χ0n) is 11.9. The van der Waals surface area contributed by atoms with Crippen LogP contribution < -0.4 is 10.6 Å². The number of nitrogens with one attached hydrogen (secondary N) is 2. The van der Waals surface area contributed by atoms with Crippen LogP contribution in [0.25, 0.3) is 0 Å². The van der Waals surface area contributed by atoms with Gasteiger partial charge in [0.15, 0.2) is 0 Å². The van der Waals surface area contributed by atoms with E-state index in [-0.39, 0.29) is 11.3 Å². The van der Waals surface area contributed by atoms with Crippen molar-refractivity contribution in [2.75, 3.05) is 18.4 Å². The third-order valence-electron chi connectivity index (χ3n) is 3.02. The standard InChI is InChI=1S/C14H22N4O/c1-14(2,3)13-16-7-11(8-17-13)18-12(19)9-15-6-10-4-5-10/h7-8,10,15H,4-6,9H2,1-3H3,(H,18,19). The minimum absolute atomic E-state index is 0.0484. The minimum Gasteiger partial charge on any atom is -0.322 e. The average molecular weight is 262 g/mol. The lowest BCUT2D eigenvalue weighted by atomic mass is 9.96. The van der Waals surface area contributed by atoms with Gasteiger partial charge in [0.25, 0.3) is 0 Å². The fraction of sp³-hybridized carbons (Fsp3) is 0.643. The normalized spacial score (nSPS) is 15.3. The molecule has 2 rings (SSSR count). The molecule has 1 aliphatic rings. The average Bonchev–Trinajstić information content (AvgIpc) is 3.12. The zero-order valence-corrected chi connectivity index (χ0v) is 11.9. The Morgan fingerprint density at radius 1 is 1.32 bits per heavy atom. The van der Waals surface area contributed by atoms with Crippen LogP contribution in [-0.4, -0.2) is 29.0 Å². The molecule has 0 aliphatic heterocycles. The molecule has 1 amide bonds. The summed E-state index contributed by atoms with van der Waals surface area (Å²) in [5.41, 5.74) is 0.570. The van der Waals surface area contributed by atoms with Crippen LogP contribution in [0.5, 0.6) is 0 Å². The van der Waals surface area contributed by atoms with E-state index in [2.05, 4.69) is 41.4 Å². The molecule has 2 N–H and O–H groups in total. The summed E-state index contributed by atoms with van der Waals surface area (Å²) in [6.45, 7) is 7.46. The molecule has 1 aromatic heterocycles. The van der Waals surface area contributed by atoms with E-state index >= 15 is 0 Å². The predicted octanol–water partition coefficient (Wildman–Crippen LogP) is 1.71. The first-order valence-corrected chi connectivity index (χ1v) is 6.78. The maximum atomic E-state index is 11.7. The second kappa shape index (κ2) is 5.65. The van der Waals surface area contributed by atoms with E-state index in [1.54, 1.807) is 12.4 Å². The second-order valence-corrected chi connectivity index (χ2v) is 6.17. The van der Waals surface area contributed by atoms with Gasteiger partial charge < -0.3 is 10.6 Å². The third kappa shape index (κ3) is 4.59. The van der Waals surface area contributed by atoms with Gasteiger partial charge in [-0.05, 0) is 25.3 Å². The Morgan fingerprint density at radius 3 is 2.47 bits per heavy atom. The smallest absolute Gasteiger partial charge is 0.238 e. The van der Waals surface area contributed by atoms with Gasteiger partial charge in [-0.2, -0.15) is 0 Å². The lowest BCUT2D eigenvalue weighted by Gasteiger charge is -2.16. The number of carbonyl (C=O) groups excluding carboxylic acids is 1. The first-order chi connectivity index (χ1) is 8.95. The summed E-state index contributed by atoms with van der Waals surface area (Å²) in [5, 5.41) is 5.94. The number of hydrogen-bond donors (Lipinski definition) is 2. The molecule has 1 aliphatic carbocycles. The Bertz CT molecular complexity index is 432. The Kier molecular flexibility index (Phi) is 4.14. The first kappa shape index (κ1) is 13.9. The molecule has 1 heterocycles. The number of rotatable bonds is 5. The van der Waals surface area contributed by atoms with E-state index in [4.69, 9.17) is 0 Å². The van der Waals surface area contributed by atoms with Crippen LogP contribution in [0.1, 0.15) is 39.4 Å². The van der Waals surface area contributed by atoms with Crippen LogP contribution in [-0.2, 0) is 10.2 Å². The largest absolute Gasteiger partial charge is 0.322 e. The Morgan fingerprint density at radius 2 is 1.95 bits per heavy atom. The maximum absolute atomic E-state index is 11.7. The molecule has 0 bridgehead atoms. The fourth-order valence-corrected chi connectivity index (χ4v) is 1.70. The highest BCUT2D eigenvalue weighted by atomic mass is 16.1. The number of anilines is 1. The van der Waals surface area contributed by atoms with Gasteiger partial charge in [-0.3, -0.25) is 4.79 Å². The van der Waals surface area contributed by atoms with E-state index in [0.29, 0.717) is 12.2 Å². The van der Waals surface area contributed by atoms with Crippen LogP contribution in [0.4, 0.5) is 5.69 Å². The lowest BCUT2D eigenvalue weighted by molar-refractivity contribution is -0.115. The first-order valence-electron chi connectivity index (χ1n) is 6.78. The number of aromatic nitrogens is 2. The summed E-state index contributed by atoms with van der Waals surface area (Å²) in [4.78, 5) is 20.2. The summed E-state index contributed by atoms with van der Waals surface area (Å²) >= 11 is 0. The molecule has 1 fully saturated rings. The maximum Gasteiger partial charge on any atom is 0.238 e. The highest BCUT2D eigenvalue weighted by Gasteiger charge is 2.20. The summed E-state index contributed by atoms with van der Waals surface area (Å²) < 4.78 is 0. The van der Waals surface area contributed by atoms with Gasteiger partial charge in [-0.1, -0.05) is 20.8 Å². The number of nitrogens with zero attached hydrogens (tertiary/aromatic N) is 2. The van der Waals surface area contributed by atoms with Gasteiger partial charge in [-0.25, -0.2) is 9.97 Å². The Hall–Kier alpha value is -1.49.